The zero-order valence-electron chi connectivity index (χ0n) is 4.44. The summed E-state index contributed by atoms with van der Waals surface area (Å²) < 4.78 is 12.8. The molecule has 48 valence electrons. The second kappa shape index (κ2) is 2.47. The van der Waals surface area contributed by atoms with Gasteiger partial charge in [-0.1, -0.05) is 0 Å². The van der Waals surface area contributed by atoms with Crippen molar-refractivity contribution in [2.24, 2.45) is 0 Å². The van der Waals surface area contributed by atoms with E-state index >= 15 is 0 Å². The van der Waals surface area contributed by atoms with Gasteiger partial charge in [0, 0.05) is 11.8 Å². The minimum atomic E-state index is -0.528. The Morgan fingerprint density at radius 3 is 2.67 bits per heavy atom. The van der Waals surface area contributed by atoms with Gasteiger partial charge in [-0.3, -0.25) is 0 Å². The predicted molar refractivity (Wildman–Crippen MR) is 41.3 cm³/mol. The number of hydrogen-bond donors (Lipinski definition) is 1. The minimum Gasteiger partial charge on any atom is -0.399 e. The van der Waals surface area contributed by atoms with Crippen molar-refractivity contribution in [2.45, 2.75) is 0 Å². The molecule has 1 rings (SSSR count). The molecule has 9 heavy (non-hydrogen) atoms. The summed E-state index contributed by atoms with van der Waals surface area (Å²) in [6.07, 6.45) is 0. The topological polar surface area (TPSA) is 38.9 Å². The van der Waals surface area contributed by atoms with E-state index < -0.39 is 5.95 Å². The molecule has 4 heteroatoms. The third-order valence-corrected chi connectivity index (χ3v) is 1.34. The fraction of sp³-hybridized carbons (Fsp3) is 0. The Kier molecular flexibility index (Phi) is 1.84. The zero-order chi connectivity index (χ0) is 6.85. The van der Waals surface area contributed by atoms with Crippen LogP contribution in [0.4, 0.5) is 10.1 Å². The van der Waals surface area contributed by atoms with Crippen LogP contribution in [-0.4, -0.2) is 4.98 Å². The van der Waals surface area contributed by atoms with Crippen LogP contribution >= 0.6 is 22.6 Å². The van der Waals surface area contributed by atoms with Crippen molar-refractivity contribution in [3.8, 4) is 0 Å². The zero-order valence-corrected chi connectivity index (χ0v) is 6.59. The second-order valence-electron chi connectivity index (χ2n) is 1.55. The van der Waals surface area contributed by atoms with E-state index in [9.17, 15) is 4.39 Å². The largest absolute Gasteiger partial charge is 0.399 e. The van der Waals surface area contributed by atoms with Crippen LogP contribution in [0.2, 0.25) is 0 Å². The maximum atomic E-state index is 12.2. The molecule has 0 aliphatic carbocycles. The summed E-state index contributed by atoms with van der Waals surface area (Å²) in [5.74, 6) is -0.528. The van der Waals surface area contributed by atoms with Crippen molar-refractivity contribution >= 4 is 28.3 Å². The van der Waals surface area contributed by atoms with Crippen LogP contribution < -0.4 is 5.73 Å². The molecule has 1 aromatic rings. The van der Waals surface area contributed by atoms with Gasteiger partial charge in [-0.2, -0.15) is 4.39 Å². The first-order valence-corrected chi connectivity index (χ1v) is 3.35. The van der Waals surface area contributed by atoms with E-state index in [0.717, 1.165) is 0 Å². The normalized spacial score (nSPS) is 9.56. The summed E-state index contributed by atoms with van der Waals surface area (Å²) in [6.45, 7) is 0. The Morgan fingerprint density at radius 1 is 1.56 bits per heavy atom. The number of halogens is 2. The molecule has 1 heterocycles. The summed E-state index contributed by atoms with van der Waals surface area (Å²) in [6, 6.07) is 2.78. The average Bonchev–Trinajstić information content (AvgIpc) is 1.59. The molecule has 0 fully saturated rings. The van der Waals surface area contributed by atoms with Crippen molar-refractivity contribution in [1.29, 1.82) is 0 Å². The van der Waals surface area contributed by atoms with Gasteiger partial charge in [0.2, 0.25) is 5.95 Å². The summed E-state index contributed by atoms with van der Waals surface area (Å²) in [5, 5.41) is 0. The van der Waals surface area contributed by atoms with Gasteiger partial charge < -0.3 is 5.73 Å². The quantitative estimate of drug-likeness (QED) is 0.548. The van der Waals surface area contributed by atoms with Crippen LogP contribution in [-0.2, 0) is 0 Å². The fourth-order valence-electron chi connectivity index (χ4n) is 0.483. The Balaban J connectivity index is 3.17. The number of nitrogens with two attached hydrogens (primary N) is 1. The SMILES string of the molecule is Nc1cc(F)nc(I)c1. The van der Waals surface area contributed by atoms with Crippen LogP contribution in [0.25, 0.3) is 0 Å². The Labute approximate surface area is 65.4 Å². The maximum absolute atomic E-state index is 12.2. The second-order valence-corrected chi connectivity index (χ2v) is 2.65. The van der Waals surface area contributed by atoms with Crippen molar-refractivity contribution in [3.05, 3.63) is 21.8 Å². The molecule has 0 unspecified atom stereocenters. The Hall–Kier alpha value is -0.390. The molecule has 0 aromatic carbocycles. The van der Waals surface area contributed by atoms with Crippen LogP contribution in [0.1, 0.15) is 0 Å². The third kappa shape index (κ3) is 1.78. The van der Waals surface area contributed by atoms with E-state index in [2.05, 4.69) is 4.98 Å². The Bertz CT molecular complexity index is 176. The van der Waals surface area contributed by atoms with Crippen molar-refractivity contribution in [2.75, 3.05) is 5.73 Å². The number of aromatic nitrogens is 1. The molecule has 0 aliphatic heterocycles. The lowest BCUT2D eigenvalue weighted by atomic mass is 10.4. The molecule has 0 radical (unpaired) electrons. The van der Waals surface area contributed by atoms with Gasteiger partial charge in [-0.15, -0.1) is 0 Å². The van der Waals surface area contributed by atoms with E-state index in [1.165, 1.54) is 6.07 Å². The van der Waals surface area contributed by atoms with Crippen LogP contribution in [0.5, 0.6) is 0 Å². The third-order valence-electron chi connectivity index (χ3n) is 0.785. The van der Waals surface area contributed by atoms with E-state index in [4.69, 9.17) is 5.73 Å². The molecule has 0 bridgehead atoms. The number of hydrogen-bond acceptors (Lipinski definition) is 2. The van der Waals surface area contributed by atoms with E-state index in [-0.39, 0.29) is 0 Å². The molecule has 0 aliphatic rings. The Morgan fingerprint density at radius 2 is 2.22 bits per heavy atom. The predicted octanol–water partition coefficient (Wildman–Crippen LogP) is 1.41. The van der Waals surface area contributed by atoms with Crippen LogP contribution in [0.15, 0.2) is 12.1 Å². The molecule has 0 saturated heterocycles. The van der Waals surface area contributed by atoms with Gasteiger partial charge in [-0.05, 0) is 28.7 Å². The molecule has 0 amide bonds. The van der Waals surface area contributed by atoms with E-state index in [1.54, 1.807) is 6.07 Å². The van der Waals surface area contributed by atoms with Gasteiger partial charge >= 0.3 is 0 Å². The van der Waals surface area contributed by atoms with Crippen molar-refractivity contribution in [1.82, 2.24) is 4.98 Å². The molecule has 0 saturated carbocycles. The van der Waals surface area contributed by atoms with Gasteiger partial charge in [0.25, 0.3) is 0 Å². The first kappa shape index (κ1) is 6.73. The van der Waals surface area contributed by atoms with E-state index in [0.29, 0.717) is 9.39 Å². The summed E-state index contributed by atoms with van der Waals surface area (Å²) in [4.78, 5) is 3.47. The molecule has 0 spiro atoms. The first-order valence-electron chi connectivity index (χ1n) is 2.27. The van der Waals surface area contributed by atoms with Gasteiger partial charge in [-0.25, -0.2) is 4.98 Å². The lowest BCUT2D eigenvalue weighted by molar-refractivity contribution is 0.581. The number of nitrogens with zero attached hydrogens (tertiary/aromatic N) is 1. The lowest BCUT2D eigenvalue weighted by Gasteiger charge is -1.92. The summed E-state index contributed by atoms with van der Waals surface area (Å²) in [5.41, 5.74) is 5.68. The molecule has 1 aromatic heterocycles. The van der Waals surface area contributed by atoms with Crippen LogP contribution in [0, 0.1) is 9.65 Å². The van der Waals surface area contributed by atoms with E-state index in [1.807, 2.05) is 22.6 Å². The molecule has 2 nitrogen and oxygen atoms in total. The molecular weight excluding hydrogens is 234 g/mol. The lowest BCUT2D eigenvalue weighted by Crippen LogP contribution is -1.91. The molecule has 2 N–H and O–H groups in total. The fourth-order valence-corrected chi connectivity index (χ4v) is 1.07. The average molecular weight is 238 g/mol. The number of anilines is 1. The van der Waals surface area contributed by atoms with Gasteiger partial charge in [0.05, 0.1) is 0 Å². The van der Waals surface area contributed by atoms with Crippen LogP contribution in [0.3, 0.4) is 0 Å². The van der Waals surface area contributed by atoms with Crippen molar-refractivity contribution < 1.29 is 4.39 Å². The minimum absolute atomic E-state index is 0.409. The monoisotopic (exact) mass is 238 g/mol. The first-order chi connectivity index (χ1) is 4.18. The number of rotatable bonds is 0. The number of pyridine rings is 1. The van der Waals surface area contributed by atoms with Gasteiger partial charge in [0.1, 0.15) is 3.70 Å². The highest BCUT2D eigenvalue weighted by atomic mass is 127. The maximum Gasteiger partial charge on any atom is 0.215 e. The highest BCUT2D eigenvalue weighted by Gasteiger charge is 1.94. The van der Waals surface area contributed by atoms with Gasteiger partial charge in [0.15, 0.2) is 0 Å². The van der Waals surface area contributed by atoms with Crippen molar-refractivity contribution in [3.63, 3.8) is 0 Å². The molecular formula is C5H4FIN2. The standard InChI is InChI=1S/C5H4FIN2/c6-4-1-3(8)2-5(7)9-4/h1-2H,(H2,8,9). The summed E-state index contributed by atoms with van der Waals surface area (Å²) >= 11 is 1.90. The summed E-state index contributed by atoms with van der Waals surface area (Å²) in [7, 11) is 0. The molecule has 0 atom stereocenters. The highest BCUT2D eigenvalue weighted by molar-refractivity contribution is 14.1. The number of nitrogen functional groups attached to an aromatic ring is 1. The smallest absolute Gasteiger partial charge is 0.215 e. The highest BCUT2D eigenvalue weighted by Crippen LogP contribution is 2.07.